The van der Waals surface area contributed by atoms with Crippen molar-refractivity contribution in [2.24, 2.45) is 13.0 Å². The Hall–Kier alpha value is -2.47. The first kappa shape index (κ1) is 24.2. The number of nitrogens with zero attached hydrogens (tertiary/aromatic N) is 5. The summed E-state index contributed by atoms with van der Waals surface area (Å²) in [4.78, 5) is 13.2. The van der Waals surface area contributed by atoms with Crippen molar-refractivity contribution in [3.63, 3.8) is 0 Å². The smallest absolute Gasteiger partial charge is 0.134 e. The van der Waals surface area contributed by atoms with Crippen molar-refractivity contribution < 1.29 is 4.39 Å². The molecule has 0 N–H and O–H groups in total. The van der Waals surface area contributed by atoms with Gasteiger partial charge >= 0.3 is 0 Å². The molecule has 1 fully saturated rings. The van der Waals surface area contributed by atoms with Gasteiger partial charge in [-0.15, -0.1) is 0 Å². The molecule has 0 saturated carbocycles. The Bertz CT molecular complexity index is 1030. The van der Waals surface area contributed by atoms with Crippen molar-refractivity contribution in [2.75, 3.05) is 25.0 Å². The van der Waals surface area contributed by atoms with Gasteiger partial charge in [0, 0.05) is 45.0 Å². The van der Waals surface area contributed by atoms with Crippen LogP contribution in [0, 0.1) is 12.8 Å². The SMILES string of the molecule is CCC(C)C.Cc1cc(C(C)N2CC[C@@H](F)C2)ccc1N(C)c1cc2c(cn1)ncn2C. The molecule has 32 heavy (non-hydrogen) atoms. The van der Waals surface area contributed by atoms with Gasteiger partial charge in [-0.3, -0.25) is 4.90 Å². The maximum absolute atomic E-state index is 13.5. The van der Waals surface area contributed by atoms with Gasteiger partial charge in [0.2, 0.25) is 0 Å². The molecule has 2 aromatic heterocycles. The van der Waals surface area contributed by atoms with E-state index in [0.717, 1.165) is 35.0 Å². The first-order valence-corrected chi connectivity index (χ1v) is 11.7. The molecule has 0 bridgehead atoms. The summed E-state index contributed by atoms with van der Waals surface area (Å²) in [5, 5.41) is 0. The molecule has 1 aromatic carbocycles. The third kappa shape index (κ3) is 5.47. The Morgan fingerprint density at radius 3 is 2.50 bits per heavy atom. The molecule has 0 radical (unpaired) electrons. The predicted molar refractivity (Wildman–Crippen MR) is 132 cm³/mol. The lowest BCUT2D eigenvalue weighted by Gasteiger charge is -2.26. The lowest BCUT2D eigenvalue weighted by atomic mass is 10.0. The molecule has 3 aromatic rings. The van der Waals surface area contributed by atoms with Crippen LogP contribution in [0.1, 0.15) is 57.7 Å². The number of aryl methyl sites for hydroxylation is 2. The van der Waals surface area contributed by atoms with Crippen LogP contribution in [0.5, 0.6) is 0 Å². The van der Waals surface area contributed by atoms with E-state index in [4.69, 9.17) is 0 Å². The van der Waals surface area contributed by atoms with E-state index in [-0.39, 0.29) is 6.04 Å². The standard InChI is InChI=1S/C21H26FN5.C5H12/c1-14-9-16(15(2)27-8-7-17(22)12-27)5-6-19(14)26(4)21-10-20-18(11-23-21)24-13-25(20)3;1-4-5(2)3/h5-6,9-11,13,15,17H,7-8,12H2,1-4H3;5H,4H2,1-3H3/t15?,17-;/m1./s1. The molecule has 0 aliphatic carbocycles. The normalized spacial score (nSPS) is 17.5. The molecule has 0 spiro atoms. The van der Waals surface area contributed by atoms with E-state index in [1.165, 1.54) is 17.5 Å². The molecule has 174 valence electrons. The second-order valence-corrected chi connectivity index (χ2v) is 9.35. The third-order valence-corrected chi connectivity index (χ3v) is 6.53. The number of halogens is 1. The molecule has 1 aliphatic heterocycles. The Kier molecular flexibility index (Phi) is 7.88. The molecule has 5 nitrogen and oxygen atoms in total. The molecule has 1 aliphatic rings. The Morgan fingerprint density at radius 2 is 1.91 bits per heavy atom. The summed E-state index contributed by atoms with van der Waals surface area (Å²) >= 11 is 0. The van der Waals surface area contributed by atoms with Gasteiger partial charge in [-0.1, -0.05) is 39.3 Å². The summed E-state index contributed by atoms with van der Waals surface area (Å²) in [6, 6.07) is 8.79. The predicted octanol–water partition coefficient (Wildman–Crippen LogP) is 6.20. The number of hydrogen-bond acceptors (Lipinski definition) is 4. The Labute approximate surface area is 192 Å². The third-order valence-electron chi connectivity index (χ3n) is 6.53. The van der Waals surface area contributed by atoms with Crippen molar-refractivity contribution in [1.29, 1.82) is 0 Å². The summed E-state index contributed by atoms with van der Waals surface area (Å²) in [7, 11) is 4.02. The number of rotatable bonds is 5. The second kappa shape index (κ2) is 10.4. The molecule has 2 atom stereocenters. The largest absolute Gasteiger partial charge is 0.334 e. The van der Waals surface area contributed by atoms with Crippen LogP contribution < -0.4 is 4.90 Å². The van der Waals surface area contributed by atoms with Crippen LogP contribution in [0.3, 0.4) is 0 Å². The average molecular weight is 440 g/mol. The average Bonchev–Trinajstić information content (AvgIpc) is 3.38. The van der Waals surface area contributed by atoms with Crippen LogP contribution in [0.15, 0.2) is 36.8 Å². The second-order valence-electron chi connectivity index (χ2n) is 9.35. The minimum absolute atomic E-state index is 0.229. The maximum Gasteiger partial charge on any atom is 0.134 e. The number of alkyl halides is 1. The topological polar surface area (TPSA) is 37.2 Å². The number of benzene rings is 1. The highest BCUT2D eigenvalue weighted by Crippen LogP contribution is 2.32. The number of anilines is 2. The van der Waals surface area contributed by atoms with E-state index < -0.39 is 6.17 Å². The summed E-state index contributed by atoms with van der Waals surface area (Å²) in [5.41, 5.74) is 5.49. The number of likely N-dealkylation sites (tertiary alicyclic amines) is 1. The maximum atomic E-state index is 13.5. The zero-order valence-electron chi connectivity index (χ0n) is 20.6. The number of aromatic nitrogens is 3. The number of pyridine rings is 1. The van der Waals surface area contributed by atoms with Crippen LogP contribution in [-0.2, 0) is 7.05 Å². The van der Waals surface area contributed by atoms with Gasteiger partial charge in [-0.05, 0) is 43.4 Å². The van der Waals surface area contributed by atoms with E-state index in [2.05, 4.69) is 78.7 Å². The monoisotopic (exact) mass is 439 g/mol. The van der Waals surface area contributed by atoms with Crippen LogP contribution in [0.2, 0.25) is 0 Å². The summed E-state index contributed by atoms with van der Waals surface area (Å²) in [6.45, 7) is 12.3. The molecule has 4 rings (SSSR count). The first-order chi connectivity index (χ1) is 15.2. The van der Waals surface area contributed by atoms with Crippen LogP contribution in [0.4, 0.5) is 15.9 Å². The molecule has 3 heterocycles. The fourth-order valence-electron chi connectivity index (χ4n) is 3.95. The quantitative estimate of drug-likeness (QED) is 0.474. The van der Waals surface area contributed by atoms with Crippen molar-refractivity contribution >= 4 is 22.5 Å². The highest BCUT2D eigenvalue weighted by atomic mass is 19.1. The van der Waals surface area contributed by atoms with E-state index in [1.807, 2.05) is 24.9 Å². The highest BCUT2D eigenvalue weighted by molar-refractivity contribution is 5.79. The minimum atomic E-state index is -0.688. The number of imidazole rings is 1. The van der Waals surface area contributed by atoms with Crippen molar-refractivity contribution in [3.8, 4) is 0 Å². The molecule has 1 unspecified atom stereocenters. The van der Waals surface area contributed by atoms with Crippen molar-refractivity contribution in [3.05, 3.63) is 47.9 Å². The van der Waals surface area contributed by atoms with Gasteiger partial charge in [-0.2, -0.15) is 0 Å². The van der Waals surface area contributed by atoms with E-state index in [1.54, 1.807) is 6.33 Å². The molecular formula is C26H38FN5. The van der Waals surface area contributed by atoms with E-state index in [9.17, 15) is 4.39 Å². The minimum Gasteiger partial charge on any atom is -0.334 e. The van der Waals surface area contributed by atoms with E-state index >= 15 is 0 Å². The number of hydrogen-bond donors (Lipinski definition) is 0. The van der Waals surface area contributed by atoms with Crippen LogP contribution >= 0.6 is 0 Å². The summed E-state index contributed by atoms with van der Waals surface area (Å²) in [5.74, 6) is 1.77. The van der Waals surface area contributed by atoms with Gasteiger partial charge in [0.25, 0.3) is 0 Å². The first-order valence-electron chi connectivity index (χ1n) is 11.7. The van der Waals surface area contributed by atoms with Crippen LogP contribution in [0.25, 0.3) is 11.0 Å². The lowest BCUT2D eigenvalue weighted by molar-refractivity contribution is 0.235. The fraction of sp³-hybridized carbons (Fsp3) is 0.538. The summed E-state index contributed by atoms with van der Waals surface area (Å²) < 4.78 is 15.5. The zero-order valence-corrected chi connectivity index (χ0v) is 20.6. The fourth-order valence-corrected chi connectivity index (χ4v) is 3.95. The molecule has 0 amide bonds. The molecular weight excluding hydrogens is 401 g/mol. The molecule has 1 saturated heterocycles. The van der Waals surface area contributed by atoms with Gasteiger partial charge in [0.05, 0.1) is 18.0 Å². The number of fused-ring (bicyclic) bond motifs is 1. The van der Waals surface area contributed by atoms with Crippen molar-refractivity contribution in [1.82, 2.24) is 19.4 Å². The highest BCUT2D eigenvalue weighted by Gasteiger charge is 2.26. The Morgan fingerprint density at radius 1 is 1.19 bits per heavy atom. The van der Waals surface area contributed by atoms with Gasteiger partial charge in [-0.25, -0.2) is 14.4 Å². The Balaban J connectivity index is 0.000000523. The lowest BCUT2D eigenvalue weighted by Crippen LogP contribution is -2.25. The summed E-state index contributed by atoms with van der Waals surface area (Å²) in [6.07, 6.45) is 4.88. The van der Waals surface area contributed by atoms with E-state index in [0.29, 0.717) is 13.0 Å². The molecule has 6 heteroatoms. The zero-order chi connectivity index (χ0) is 23.4. The van der Waals surface area contributed by atoms with Gasteiger partial charge < -0.3 is 9.47 Å². The van der Waals surface area contributed by atoms with Crippen molar-refractivity contribution in [2.45, 2.75) is 59.7 Å². The van der Waals surface area contributed by atoms with Crippen LogP contribution in [-0.4, -0.2) is 45.7 Å². The van der Waals surface area contributed by atoms with Gasteiger partial charge in [0.1, 0.15) is 17.5 Å². The van der Waals surface area contributed by atoms with Gasteiger partial charge in [0.15, 0.2) is 0 Å².